The Morgan fingerprint density at radius 1 is 0.873 bits per heavy atom. The van der Waals surface area contributed by atoms with E-state index in [1.54, 1.807) is 36.4 Å². The maximum atomic E-state index is 15.3. The Labute approximate surface area is 319 Å². The lowest BCUT2D eigenvalue weighted by atomic mass is 10.0. The first kappa shape index (κ1) is 36.7. The second-order valence-corrected chi connectivity index (χ2v) is 14.4. The fraction of sp³-hybridized carbons (Fsp3) is 0.390. The summed E-state index contributed by atoms with van der Waals surface area (Å²) >= 11 is 0. The number of hydroxylamine groups is 1. The number of nitrogens with one attached hydrogen (secondary N) is 2. The molecule has 1 amide bonds. The van der Waals surface area contributed by atoms with E-state index in [1.165, 1.54) is 49.5 Å². The first-order chi connectivity index (χ1) is 26.8. The third-order valence-corrected chi connectivity index (χ3v) is 10.9. The van der Waals surface area contributed by atoms with Crippen molar-refractivity contribution in [1.82, 2.24) is 19.8 Å². The summed E-state index contributed by atoms with van der Waals surface area (Å²) in [5, 5.41) is 7.90. The van der Waals surface area contributed by atoms with E-state index in [0.29, 0.717) is 64.9 Å². The van der Waals surface area contributed by atoms with Crippen molar-refractivity contribution in [3.05, 3.63) is 96.8 Å². The fourth-order valence-corrected chi connectivity index (χ4v) is 7.92. The standard InChI is InChI=1S/C41H46F2N8O4/c1-3-41(52)47-34-23-35(38(53-2)24-37(34)50-14-11-29(12-15-50)49-18-16-48(17-19-49)28-7-8-28)46-39-25-40(45-26-44-39)51-36(13-20-54-51)32-22-31(9-10-33(32)43)55-30-6-4-5-27(42)21-30/h3-6,9-10,21-26,28-29,36H,1,7-8,11-20H2,2H3,(H,47,52)(H,44,45,46). The molecule has 3 saturated heterocycles. The van der Waals surface area contributed by atoms with E-state index in [-0.39, 0.29) is 5.91 Å². The molecule has 1 unspecified atom stereocenters. The molecule has 4 aliphatic rings. The van der Waals surface area contributed by atoms with Gasteiger partial charge in [0.15, 0.2) is 5.82 Å². The lowest BCUT2D eigenvalue weighted by Crippen LogP contribution is -2.53. The molecule has 12 nitrogen and oxygen atoms in total. The van der Waals surface area contributed by atoms with E-state index in [9.17, 15) is 9.18 Å². The van der Waals surface area contributed by atoms with Crippen molar-refractivity contribution in [2.75, 3.05) is 73.6 Å². The summed E-state index contributed by atoms with van der Waals surface area (Å²) in [6.07, 6.45) is 7.92. The molecule has 0 bridgehead atoms. The maximum Gasteiger partial charge on any atom is 0.247 e. The first-order valence-corrected chi connectivity index (χ1v) is 19.0. The number of piperazine rings is 1. The smallest absolute Gasteiger partial charge is 0.247 e. The van der Waals surface area contributed by atoms with Gasteiger partial charge in [0, 0.05) is 81.5 Å². The second-order valence-electron chi connectivity index (χ2n) is 14.4. The SMILES string of the molecule is C=CC(=O)Nc1cc(Nc2cc(N3OCCC3c3cc(Oc4cccc(F)c4)ccc3F)ncn2)c(OC)cc1N1CCC(N2CCN(C3CC3)CC2)CC1. The summed E-state index contributed by atoms with van der Waals surface area (Å²) in [6.45, 7) is 10.3. The largest absolute Gasteiger partial charge is 0.494 e. The predicted molar refractivity (Wildman–Crippen MR) is 207 cm³/mol. The highest BCUT2D eigenvalue weighted by atomic mass is 19.1. The van der Waals surface area contributed by atoms with Crippen molar-refractivity contribution in [3.8, 4) is 17.2 Å². The van der Waals surface area contributed by atoms with Crippen molar-refractivity contribution in [3.63, 3.8) is 0 Å². The van der Waals surface area contributed by atoms with Gasteiger partial charge >= 0.3 is 0 Å². The van der Waals surface area contributed by atoms with Crippen LogP contribution >= 0.6 is 0 Å². The molecule has 0 radical (unpaired) electrons. The summed E-state index contributed by atoms with van der Waals surface area (Å²) in [7, 11) is 1.61. The zero-order valence-corrected chi connectivity index (χ0v) is 30.9. The van der Waals surface area contributed by atoms with Crippen LogP contribution < -0.4 is 30.1 Å². The number of hydrogen-bond donors (Lipinski definition) is 2. The Morgan fingerprint density at radius 2 is 1.62 bits per heavy atom. The number of anilines is 5. The van der Waals surface area contributed by atoms with Crippen LogP contribution in [0.15, 0.2) is 79.6 Å². The summed E-state index contributed by atoms with van der Waals surface area (Å²) in [4.78, 5) is 35.2. The van der Waals surface area contributed by atoms with E-state index in [4.69, 9.17) is 14.3 Å². The number of methoxy groups -OCH3 is 1. The number of halogens is 2. The highest BCUT2D eigenvalue weighted by Crippen LogP contribution is 2.41. The monoisotopic (exact) mass is 752 g/mol. The second kappa shape index (κ2) is 16.2. The molecular weight excluding hydrogens is 706 g/mol. The zero-order valence-electron chi connectivity index (χ0n) is 30.9. The molecule has 4 heterocycles. The van der Waals surface area contributed by atoms with Crippen LogP contribution in [0.25, 0.3) is 0 Å². The number of benzene rings is 3. The number of amides is 1. The summed E-state index contributed by atoms with van der Waals surface area (Å²) in [5.41, 5.74) is 2.42. The Kier molecular flexibility index (Phi) is 10.8. The molecular formula is C41H46F2N8O4. The third kappa shape index (κ3) is 8.36. The van der Waals surface area contributed by atoms with Gasteiger partial charge in [0.05, 0.1) is 36.8 Å². The molecule has 1 atom stereocenters. The lowest BCUT2D eigenvalue weighted by molar-refractivity contribution is -0.111. The van der Waals surface area contributed by atoms with E-state index in [2.05, 4.69) is 41.9 Å². The highest BCUT2D eigenvalue weighted by molar-refractivity contribution is 6.02. The summed E-state index contributed by atoms with van der Waals surface area (Å²) < 4.78 is 40.8. The van der Waals surface area contributed by atoms with Crippen LogP contribution in [0, 0.1) is 11.6 Å². The van der Waals surface area contributed by atoms with Crippen LogP contribution in [-0.4, -0.2) is 90.7 Å². The van der Waals surface area contributed by atoms with Crippen molar-refractivity contribution in [1.29, 1.82) is 0 Å². The normalized spacial score (nSPS) is 19.7. The average molecular weight is 753 g/mol. The zero-order chi connectivity index (χ0) is 37.9. The fourth-order valence-electron chi connectivity index (χ4n) is 7.92. The Bertz CT molecular complexity index is 2020. The van der Waals surface area contributed by atoms with Gasteiger partial charge in [0.25, 0.3) is 0 Å². The number of ether oxygens (including phenoxy) is 2. The topological polar surface area (TPSA) is 108 Å². The molecule has 4 aromatic rings. The quantitative estimate of drug-likeness (QED) is 0.145. The van der Waals surface area contributed by atoms with Gasteiger partial charge in [-0.3, -0.25) is 19.4 Å². The Balaban J connectivity index is 0.990. The molecule has 1 aliphatic carbocycles. The van der Waals surface area contributed by atoms with Crippen molar-refractivity contribution < 1.29 is 27.9 Å². The number of rotatable bonds is 12. The molecule has 55 heavy (non-hydrogen) atoms. The molecule has 3 aromatic carbocycles. The number of carbonyl (C=O) groups is 1. The van der Waals surface area contributed by atoms with Gasteiger partial charge in [0.1, 0.15) is 41.0 Å². The van der Waals surface area contributed by atoms with Crippen LogP contribution in [0.3, 0.4) is 0 Å². The number of carbonyl (C=O) groups excluding carboxylic acids is 1. The van der Waals surface area contributed by atoms with Gasteiger partial charge < -0.3 is 25.0 Å². The number of aromatic nitrogens is 2. The van der Waals surface area contributed by atoms with Gasteiger partial charge in [-0.05, 0) is 68.2 Å². The van der Waals surface area contributed by atoms with Crippen LogP contribution in [0.1, 0.15) is 43.7 Å². The minimum atomic E-state index is -0.523. The summed E-state index contributed by atoms with van der Waals surface area (Å²) in [5.74, 6) is 0.878. The minimum Gasteiger partial charge on any atom is -0.494 e. The molecule has 2 N–H and O–H groups in total. The van der Waals surface area contributed by atoms with E-state index < -0.39 is 17.7 Å². The molecule has 0 spiro atoms. The van der Waals surface area contributed by atoms with Crippen molar-refractivity contribution in [2.24, 2.45) is 0 Å². The molecule has 288 valence electrons. The molecule has 8 rings (SSSR count). The molecule has 14 heteroatoms. The lowest BCUT2D eigenvalue weighted by Gasteiger charge is -2.43. The van der Waals surface area contributed by atoms with Gasteiger partial charge in [-0.15, -0.1) is 0 Å². The van der Waals surface area contributed by atoms with Crippen LogP contribution in [0.4, 0.5) is 37.5 Å². The predicted octanol–water partition coefficient (Wildman–Crippen LogP) is 7.06. The average Bonchev–Trinajstić information content (AvgIpc) is 3.95. The van der Waals surface area contributed by atoms with E-state index in [1.807, 2.05) is 12.1 Å². The summed E-state index contributed by atoms with van der Waals surface area (Å²) in [6, 6.07) is 16.5. The van der Waals surface area contributed by atoms with Crippen LogP contribution in [0.2, 0.25) is 0 Å². The minimum absolute atomic E-state index is 0.303. The molecule has 1 aromatic heterocycles. The van der Waals surface area contributed by atoms with Crippen LogP contribution in [0.5, 0.6) is 17.2 Å². The van der Waals surface area contributed by atoms with Gasteiger partial charge in [0.2, 0.25) is 5.91 Å². The Hall–Kier alpha value is -5.31. The van der Waals surface area contributed by atoms with E-state index >= 15 is 4.39 Å². The molecule has 4 fully saturated rings. The number of piperidine rings is 1. The van der Waals surface area contributed by atoms with Crippen molar-refractivity contribution >= 4 is 34.6 Å². The van der Waals surface area contributed by atoms with Gasteiger partial charge in [-0.1, -0.05) is 12.6 Å². The van der Waals surface area contributed by atoms with Crippen molar-refractivity contribution in [2.45, 2.75) is 50.2 Å². The molecule has 1 saturated carbocycles. The van der Waals surface area contributed by atoms with Gasteiger partial charge in [-0.2, -0.15) is 0 Å². The first-order valence-electron chi connectivity index (χ1n) is 19.0. The molecule has 3 aliphatic heterocycles. The third-order valence-electron chi connectivity index (χ3n) is 10.9. The van der Waals surface area contributed by atoms with E-state index in [0.717, 1.165) is 63.8 Å². The Morgan fingerprint density at radius 3 is 2.33 bits per heavy atom. The number of nitrogens with zero attached hydrogens (tertiary/aromatic N) is 6. The number of hydrogen-bond acceptors (Lipinski definition) is 11. The van der Waals surface area contributed by atoms with Gasteiger partial charge in [-0.25, -0.2) is 23.8 Å². The maximum absolute atomic E-state index is 15.3. The van der Waals surface area contributed by atoms with Crippen LogP contribution in [-0.2, 0) is 9.63 Å². The highest BCUT2D eigenvalue weighted by Gasteiger charge is 2.35.